The Balaban J connectivity index is 1.33. The van der Waals surface area contributed by atoms with Crippen LogP contribution in [0, 0.1) is 0 Å². The zero-order valence-corrected chi connectivity index (χ0v) is 17.6. The Hall–Kier alpha value is -2.75. The Bertz CT molecular complexity index is 1010. The first-order valence-electron chi connectivity index (χ1n) is 9.47. The van der Waals surface area contributed by atoms with Gasteiger partial charge in [-0.2, -0.15) is 0 Å². The van der Waals surface area contributed by atoms with Crippen molar-refractivity contribution in [3.63, 3.8) is 0 Å². The number of hydrogen-bond donors (Lipinski definition) is 2. The van der Waals surface area contributed by atoms with Crippen LogP contribution in [0.3, 0.4) is 0 Å². The molecule has 1 fully saturated rings. The zero-order valence-electron chi connectivity index (χ0n) is 16.0. The lowest BCUT2D eigenvalue weighted by Gasteiger charge is -2.31. The molecule has 0 spiro atoms. The third kappa shape index (κ3) is 4.86. The Kier molecular flexibility index (Phi) is 6.41. The summed E-state index contributed by atoms with van der Waals surface area (Å²) in [4.78, 5) is 27.4. The van der Waals surface area contributed by atoms with Crippen molar-refractivity contribution in [2.45, 2.75) is 25.6 Å². The second kappa shape index (κ2) is 9.38. The molecular formula is C20H20ClN5O3S. The summed E-state index contributed by atoms with van der Waals surface area (Å²) in [6.07, 6.45) is 5.04. The van der Waals surface area contributed by atoms with E-state index in [1.165, 1.54) is 11.3 Å². The van der Waals surface area contributed by atoms with Crippen LogP contribution in [0.15, 0.2) is 42.0 Å². The van der Waals surface area contributed by atoms with Gasteiger partial charge in [-0.15, -0.1) is 11.3 Å². The number of piperidine rings is 1. The maximum Gasteiger partial charge on any atom is 0.316 e. The number of aliphatic hydroxyl groups excluding tert-OH is 1. The highest BCUT2D eigenvalue weighted by atomic mass is 35.5. The molecule has 0 unspecified atom stereocenters. The number of hydrogen-bond acceptors (Lipinski definition) is 8. The number of thiazole rings is 1. The van der Waals surface area contributed by atoms with E-state index >= 15 is 0 Å². The third-order valence-corrected chi connectivity index (χ3v) is 5.93. The molecular weight excluding hydrogens is 426 g/mol. The van der Waals surface area contributed by atoms with Crippen molar-refractivity contribution in [2.24, 2.45) is 0 Å². The van der Waals surface area contributed by atoms with Gasteiger partial charge in [-0.3, -0.25) is 4.79 Å². The minimum Gasteiger partial charge on any atom is -0.460 e. The summed E-state index contributed by atoms with van der Waals surface area (Å²) in [5.74, 6) is -0.324. The van der Waals surface area contributed by atoms with E-state index in [9.17, 15) is 4.79 Å². The largest absolute Gasteiger partial charge is 0.460 e. The summed E-state index contributed by atoms with van der Waals surface area (Å²) < 4.78 is 5.82. The van der Waals surface area contributed by atoms with Crippen LogP contribution in [0.2, 0.25) is 5.02 Å². The fourth-order valence-electron chi connectivity index (χ4n) is 3.12. The predicted molar refractivity (Wildman–Crippen MR) is 115 cm³/mol. The number of ether oxygens (including phenoxy) is 1. The Labute approximate surface area is 182 Å². The van der Waals surface area contributed by atoms with E-state index in [4.69, 9.17) is 21.4 Å². The summed E-state index contributed by atoms with van der Waals surface area (Å²) in [6.45, 7) is 1.45. The fraction of sp³-hybridized carbons (Fsp3) is 0.300. The number of aromatic nitrogens is 3. The lowest BCUT2D eigenvalue weighted by molar-refractivity contribution is 0.102. The molecule has 4 rings (SSSR count). The van der Waals surface area contributed by atoms with Crippen molar-refractivity contribution < 1.29 is 14.6 Å². The van der Waals surface area contributed by atoms with Gasteiger partial charge in [0.15, 0.2) is 5.13 Å². The van der Waals surface area contributed by atoms with Crippen LogP contribution in [-0.4, -0.2) is 45.2 Å². The molecule has 1 aliphatic rings. The van der Waals surface area contributed by atoms with Crippen molar-refractivity contribution in [3.8, 4) is 6.01 Å². The van der Waals surface area contributed by atoms with Crippen LogP contribution in [0.25, 0.3) is 0 Å². The molecule has 10 heteroatoms. The fourth-order valence-corrected chi connectivity index (χ4v) is 4.23. The van der Waals surface area contributed by atoms with Crippen molar-refractivity contribution in [1.82, 2.24) is 15.0 Å². The molecule has 1 aliphatic heterocycles. The summed E-state index contributed by atoms with van der Waals surface area (Å²) in [5.41, 5.74) is 1.50. The number of aliphatic hydroxyl groups is 1. The number of carbonyl (C=O) groups is 1. The molecule has 0 saturated carbocycles. The van der Waals surface area contributed by atoms with Crippen molar-refractivity contribution in [1.29, 1.82) is 0 Å². The van der Waals surface area contributed by atoms with Gasteiger partial charge >= 0.3 is 6.01 Å². The second-order valence-electron chi connectivity index (χ2n) is 6.78. The van der Waals surface area contributed by atoms with E-state index < -0.39 is 0 Å². The molecule has 0 radical (unpaired) electrons. The second-order valence-corrected chi connectivity index (χ2v) is 8.02. The lowest BCUT2D eigenvalue weighted by atomic mass is 10.1. The molecule has 30 heavy (non-hydrogen) atoms. The highest BCUT2D eigenvalue weighted by Crippen LogP contribution is 2.27. The van der Waals surface area contributed by atoms with E-state index in [1.54, 1.807) is 42.0 Å². The minimum atomic E-state index is -0.324. The van der Waals surface area contributed by atoms with Crippen LogP contribution in [0.5, 0.6) is 6.01 Å². The average Bonchev–Trinajstić information content (AvgIpc) is 3.27. The van der Waals surface area contributed by atoms with Gasteiger partial charge in [0.05, 0.1) is 17.3 Å². The molecule has 1 saturated heterocycles. The van der Waals surface area contributed by atoms with Crippen LogP contribution >= 0.6 is 22.9 Å². The standard InChI is InChI=1S/C20H20ClN5O3S/c21-15-10-13(11-27)2-3-16(15)24-18(28)17-12-30-20(25-17)26-8-4-14(5-9-26)29-19-22-6-1-7-23-19/h1-3,6-7,10,12,14,27H,4-5,8-9,11H2,(H,24,28). The maximum atomic E-state index is 12.5. The van der Waals surface area contributed by atoms with Crippen molar-refractivity contribution >= 4 is 39.7 Å². The molecule has 3 aromatic rings. The van der Waals surface area contributed by atoms with Crippen LogP contribution in [-0.2, 0) is 6.61 Å². The topological polar surface area (TPSA) is 100 Å². The van der Waals surface area contributed by atoms with Crippen molar-refractivity contribution in [3.05, 3.63) is 58.3 Å². The number of benzene rings is 1. The highest BCUT2D eigenvalue weighted by molar-refractivity contribution is 7.14. The summed E-state index contributed by atoms with van der Waals surface area (Å²) in [7, 11) is 0. The lowest BCUT2D eigenvalue weighted by Crippen LogP contribution is -2.38. The quantitative estimate of drug-likeness (QED) is 0.599. The highest BCUT2D eigenvalue weighted by Gasteiger charge is 2.24. The number of nitrogens with zero attached hydrogens (tertiary/aromatic N) is 4. The van der Waals surface area contributed by atoms with Crippen molar-refractivity contribution in [2.75, 3.05) is 23.3 Å². The molecule has 1 aromatic carbocycles. The molecule has 0 aliphatic carbocycles. The first-order chi connectivity index (χ1) is 14.6. The van der Waals surface area contributed by atoms with Gasteiger partial charge in [-0.05, 0) is 23.8 Å². The van der Waals surface area contributed by atoms with E-state index in [0.29, 0.717) is 28.0 Å². The monoisotopic (exact) mass is 445 g/mol. The molecule has 1 amide bonds. The zero-order chi connectivity index (χ0) is 20.9. The van der Waals surface area contributed by atoms with E-state index in [2.05, 4.69) is 25.2 Å². The Morgan fingerprint density at radius 2 is 2.07 bits per heavy atom. The normalized spacial score (nSPS) is 14.5. The predicted octanol–water partition coefficient (Wildman–Crippen LogP) is 3.38. The van der Waals surface area contributed by atoms with Crippen LogP contribution in [0.1, 0.15) is 28.9 Å². The summed E-state index contributed by atoms with van der Waals surface area (Å²) in [5, 5.41) is 14.8. The van der Waals surface area contributed by atoms with Gasteiger partial charge in [-0.1, -0.05) is 17.7 Å². The molecule has 2 N–H and O–H groups in total. The first kappa shape index (κ1) is 20.5. The molecule has 3 heterocycles. The van der Waals surface area contributed by atoms with Crippen LogP contribution in [0.4, 0.5) is 10.8 Å². The van der Waals surface area contributed by atoms with Gasteiger partial charge < -0.3 is 20.1 Å². The Morgan fingerprint density at radius 1 is 1.30 bits per heavy atom. The average molecular weight is 446 g/mol. The summed E-state index contributed by atoms with van der Waals surface area (Å²) in [6, 6.07) is 7.15. The third-order valence-electron chi connectivity index (χ3n) is 4.72. The van der Waals surface area contributed by atoms with E-state index in [-0.39, 0.29) is 18.6 Å². The maximum absolute atomic E-state index is 12.5. The number of halogens is 1. The Morgan fingerprint density at radius 3 is 2.77 bits per heavy atom. The molecule has 0 bridgehead atoms. The number of nitrogens with one attached hydrogen (secondary N) is 1. The molecule has 156 valence electrons. The molecule has 2 aromatic heterocycles. The molecule has 0 atom stereocenters. The van der Waals surface area contributed by atoms with Crippen LogP contribution < -0.4 is 15.0 Å². The molecule has 8 nitrogen and oxygen atoms in total. The minimum absolute atomic E-state index is 0.0652. The first-order valence-corrected chi connectivity index (χ1v) is 10.7. The van der Waals surface area contributed by atoms with E-state index in [1.807, 2.05) is 0 Å². The van der Waals surface area contributed by atoms with Gasteiger partial charge in [0.1, 0.15) is 11.8 Å². The van der Waals surface area contributed by atoms with E-state index in [0.717, 1.165) is 31.1 Å². The van der Waals surface area contributed by atoms with Gasteiger partial charge in [0.2, 0.25) is 0 Å². The smallest absolute Gasteiger partial charge is 0.316 e. The number of carbonyl (C=O) groups excluding carboxylic acids is 1. The summed E-state index contributed by atoms with van der Waals surface area (Å²) >= 11 is 7.60. The van der Waals surface area contributed by atoms with Gasteiger partial charge in [-0.25, -0.2) is 15.0 Å². The SMILES string of the molecule is O=C(Nc1ccc(CO)cc1Cl)c1csc(N2CCC(Oc3ncccn3)CC2)n1. The van der Waals surface area contributed by atoms with Gasteiger partial charge in [0, 0.05) is 43.7 Å². The van der Waals surface area contributed by atoms with Gasteiger partial charge in [0.25, 0.3) is 5.91 Å². The number of amides is 1. The number of anilines is 2. The number of rotatable bonds is 6.